The van der Waals surface area contributed by atoms with E-state index in [2.05, 4.69) is 0 Å². The van der Waals surface area contributed by atoms with Gasteiger partial charge in [-0.2, -0.15) is 0 Å². The standard InChI is InChI=1S/C15H20N2O3S/c16-21(19,20)14-7-5-13(6-8-14)15(18)17(9-11-1-2-11)10-12-3-4-12/h5-8,11-12H,1-4,9-10H2,(H2,16,19,20). The van der Waals surface area contributed by atoms with E-state index in [9.17, 15) is 13.2 Å². The Morgan fingerprint density at radius 2 is 1.52 bits per heavy atom. The van der Waals surface area contributed by atoms with Crippen molar-refractivity contribution in [2.45, 2.75) is 30.6 Å². The largest absolute Gasteiger partial charge is 0.338 e. The van der Waals surface area contributed by atoms with Crippen molar-refractivity contribution in [2.75, 3.05) is 13.1 Å². The summed E-state index contributed by atoms with van der Waals surface area (Å²) >= 11 is 0. The van der Waals surface area contributed by atoms with E-state index >= 15 is 0 Å². The van der Waals surface area contributed by atoms with Gasteiger partial charge >= 0.3 is 0 Å². The Kier molecular flexibility index (Phi) is 3.75. The Morgan fingerprint density at radius 1 is 1.05 bits per heavy atom. The Balaban J connectivity index is 1.74. The number of nitrogens with two attached hydrogens (primary N) is 1. The minimum Gasteiger partial charge on any atom is -0.338 e. The molecule has 21 heavy (non-hydrogen) atoms. The highest BCUT2D eigenvalue weighted by Gasteiger charge is 2.31. The van der Waals surface area contributed by atoms with Crippen molar-refractivity contribution in [3.8, 4) is 0 Å². The second-order valence-corrected chi connectivity index (χ2v) is 7.73. The third-order valence-electron chi connectivity index (χ3n) is 4.07. The number of sulfonamides is 1. The van der Waals surface area contributed by atoms with E-state index in [1.54, 1.807) is 12.1 Å². The predicted octanol–water partition coefficient (Wildman–Crippen LogP) is 1.60. The minimum absolute atomic E-state index is 0.00484. The summed E-state index contributed by atoms with van der Waals surface area (Å²) in [6.07, 6.45) is 4.83. The molecule has 3 rings (SSSR count). The predicted molar refractivity (Wildman–Crippen MR) is 79.2 cm³/mol. The van der Waals surface area contributed by atoms with Gasteiger partial charge in [-0.1, -0.05) is 0 Å². The highest BCUT2D eigenvalue weighted by Crippen LogP contribution is 2.34. The summed E-state index contributed by atoms with van der Waals surface area (Å²) in [6, 6.07) is 5.90. The molecule has 0 radical (unpaired) electrons. The molecule has 2 saturated carbocycles. The summed E-state index contributed by atoms with van der Waals surface area (Å²) in [5.41, 5.74) is 0.531. The van der Waals surface area contributed by atoms with Crippen LogP contribution in [-0.2, 0) is 10.0 Å². The molecule has 1 aromatic rings. The molecular formula is C15H20N2O3S. The lowest BCUT2D eigenvalue weighted by Gasteiger charge is -2.22. The molecule has 2 aliphatic carbocycles. The topological polar surface area (TPSA) is 80.5 Å². The van der Waals surface area contributed by atoms with E-state index in [0.717, 1.165) is 13.1 Å². The quantitative estimate of drug-likeness (QED) is 0.866. The normalized spacial score (nSPS) is 18.5. The zero-order valence-corrected chi connectivity index (χ0v) is 12.7. The van der Waals surface area contributed by atoms with Crippen LogP contribution in [0.2, 0.25) is 0 Å². The average molecular weight is 308 g/mol. The number of carbonyl (C=O) groups excluding carboxylic acids is 1. The van der Waals surface area contributed by atoms with Gasteiger partial charge in [-0.15, -0.1) is 0 Å². The molecule has 2 fully saturated rings. The molecular weight excluding hydrogens is 288 g/mol. The van der Waals surface area contributed by atoms with Crippen LogP contribution in [0.3, 0.4) is 0 Å². The SMILES string of the molecule is NS(=O)(=O)c1ccc(C(=O)N(CC2CC2)CC2CC2)cc1. The van der Waals surface area contributed by atoms with E-state index in [0.29, 0.717) is 17.4 Å². The lowest BCUT2D eigenvalue weighted by Crippen LogP contribution is -2.34. The van der Waals surface area contributed by atoms with Crippen LogP contribution in [0.5, 0.6) is 0 Å². The molecule has 0 bridgehead atoms. The third kappa shape index (κ3) is 3.83. The van der Waals surface area contributed by atoms with Crippen molar-refractivity contribution in [2.24, 2.45) is 17.0 Å². The van der Waals surface area contributed by atoms with Gasteiger partial charge in [0.25, 0.3) is 5.91 Å². The van der Waals surface area contributed by atoms with Gasteiger partial charge in [0.05, 0.1) is 4.90 Å². The maximum atomic E-state index is 12.6. The first kappa shape index (κ1) is 14.5. The van der Waals surface area contributed by atoms with Gasteiger partial charge in [-0.25, -0.2) is 13.6 Å². The summed E-state index contributed by atoms with van der Waals surface area (Å²) in [5.74, 6) is 1.29. The van der Waals surface area contributed by atoms with Crippen LogP contribution >= 0.6 is 0 Å². The van der Waals surface area contributed by atoms with Gasteiger partial charge in [-0.3, -0.25) is 4.79 Å². The number of nitrogens with zero attached hydrogens (tertiary/aromatic N) is 1. The zero-order chi connectivity index (χ0) is 15.0. The lowest BCUT2D eigenvalue weighted by molar-refractivity contribution is 0.0739. The first-order valence-corrected chi connectivity index (χ1v) is 8.90. The van der Waals surface area contributed by atoms with E-state index in [4.69, 9.17) is 5.14 Å². The summed E-state index contributed by atoms with van der Waals surface area (Å²) in [4.78, 5) is 14.5. The third-order valence-corrected chi connectivity index (χ3v) is 5.00. The van der Waals surface area contributed by atoms with Gasteiger partial charge in [0.15, 0.2) is 0 Å². The molecule has 2 N–H and O–H groups in total. The Labute approximate surface area is 125 Å². The van der Waals surface area contributed by atoms with Crippen LogP contribution in [0.4, 0.5) is 0 Å². The van der Waals surface area contributed by atoms with Crippen LogP contribution in [0, 0.1) is 11.8 Å². The number of rotatable bonds is 6. The molecule has 0 aromatic heterocycles. The average Bonchev–Trinajstić information content (AvgIpc) is 3.31. The zero-order valence-electron chi connectivity index (χ0n) is 11.9. The fourth-order valence-corrected chi connectivity index (χ4v) is 2.95. The van der Waals surface area contributed by atoms with Crippen molar-refractivity contribution in [3.63, 3.8) is 0 Å². The Morgan fingerprint density at radius 3 is 1.90 bits per heavy atom. The molecule has 0 atom stereocenters. The smallest absolute Gasteiger partial charge is 0.253 e. The van der Waals surface area contributed by atoms with Gasteiger partial charge in [0.1, 0.15) is 0 Å². The number of amides is 1. The number of hydrogen-bond donors (Lipinski definition) is 1. The number of primary sulfonamides is 1. The molecule has 0 saturated heterocycles. The highest BCUT2D eigenvalue weighted by atomic mass is 32.2. The van der Waals surface area contributed by atoms with E-state index in [1.165, 1.54) is 37.8 Å². The molecule has 0 heterocycles. The van der Waals surface area contributed by atoms with Crippen LogP contribution in [-0.4, -0.2) is 32.3 Å². The van der Waals surface area contributed by atoms with Crippen molar-refractivity contribution in [1.29, 1.82) is 0 Å². The summed E-state index contributed by atoms with van der Waals surface area (Å²) in [7, 11) is -3.71. The molecule has 5 nitrogen and oxygen atoms in total. The van der Waals surface area contributed by atoms with Gasteiger partial charge in [0, 0.05) is 18.7 Å². The van der Waals surface area contributed by atoms with Gasteiger partial charge < -0.3 is 4.90 Å². The minimum atomic E-state index is -3.71. The van der Waals surface area contributed by atoms with E-state index < -0.39 is 10.0 Å². The van der Waals surface area contributed by atoms with Crippen LogP contribution < -0.4 is 5.14 Å². The molecule has 2 aliphatic rings. The summed E-state index contributed by atoms with van der Waals surface area (Å²) in [5, 5.41) is 5.07. The maximum Gasteiger partial charge on any atom is 0.253 e. The first-order chi connectivity index (χ1) is 9.93. The van der Waals surface area contributed by atoms with E-state index in [-0.39, 0.29) is 10.8 Å². The molecule has 0 unspecified atom stereocenters. The molecule has 114 valence electrons. The number of carbonyl (C=O) groups is 1. The van der Waals surface area contributed by atoms with Gasteiger partial charge in [0.2, 0.25) is 10.0 Å². The summed E-state index contributed by atoms with van der Waals surface area (Å²) in [6.45, 7) is 1.65. The Bertz CT molecular complexity index is 617. The molecule has 6 heteroatoms. The van der Waals surface area contributed by atoms with Crippen molar-refractivity contribution in [3.05, 3.63) is 29.8 Å². The second kappa shape index (κ2) is 5.42. The van der Waals surface area contributed by atoms with Crippen LogP contribution in [0.15, 0.2) is 29.2 Å². The van der Waals surface area contributed by atoms with Crippen molar-refractivity contribution < 1.29 is 13.2 Å². The van der Waals surface area contributed by atoms with Gasteiger partial charge in [-0.05, 0) is 61.8 Å². The Hall–Kier alpha value is -1.40. The molecule has 0 spiro atoms. The van der Waals surface area contributed by atoms with Crippen LogP contribution in [0.25, 0.3) is 0 Å². The summed E-state index contributed by atoms with van der Waals surface area (Å²) < 4.78 is 22.5. The fraction of sp³-hybridized carbons (Fsp3) is 0.533. The second-order valence-electron chi connectivity index (χ2n) is 6.17. The fourth-order valence-electron chi connectivity index (χ4n) is 2.43. The van der Waals surface area contributed by atoms with Crippen molar-refractivity contribution in [1.82, 2.24) is 4.90 Å². The maximum absolute atomic E-state index is 12.6. The van der Waals surface area contributed by atoms with E-state index in [1.807, 2.05) is 4.90 Å². The monoisotopic (exact) mass is 308 g/mol. The number of benzene rings is 1. The van der Waals surface area contributed by atoms with Crippen molar-refractivity contribution >= 4 is 15.9 Å². The molecule has 1 amide bonds. The molecule has 0 aliphatic heterocycles. The molecule has 1 aromatic carbocycles. The lowest BCUT2D eigenvalue weighted by atomic mass is 10.2. The van der Waals surface area contributed by atoms with Crippen LogP contribution in [0.1, 0.15) is 36.0 Å². The first-order valence-electron chi connectivity index (χ1n) is 7.35. The highest BCUT2D eigenvalue weighted by molar-refractivity contribution is 7.89. The number of hydrogen-bond acceptors (Lipinski definition) is 3.